The van der Waals surface area contributed by atoms with Crippen molar-refractivity contribution >= 4 is 11.6 Å². The van der Waals surface area contributed by atoms with Gasteiger partial charge in [-0.1, -0.05) is 24.3 Å². The summed E-state index contributed by atoms with van der Waals surface area (Å²) in [7, 11) is 0. The van der Waals surface area contributed by atoms with Gasteiger partial charge in [0.25, 0.3) is 0 Å². The number of hydrogen-bond donors (Lipinski definition) is 0. The summed E-state index contributed by atoms with van der Waals surface area (Å²) in [5.74, 6) is 1.17. The Labute approximate surface area is 133 Å². The predicted octanol–water partition coefficient (Wildman–Crippen LogP) is 4.22. The van der Waals surface area contributed by atoms with Gasteiger partial charge in [-0.15, -0.1) is 0 Å². The van der Waals surface area contributed by atoms with Gasteiger partial charge < -0.3 is 4.74 Å². The van der Waals surface area contributed by atoms with E-state index >= 15 is 0 Å². The van der Waals surface area contributed by atoms with Crippen LogP contribution >= 0.6 is 11.6 Å². The highest BCUT2D eigenvalue weighted by atomic mass is 35.5. The van der Waals surface area contributed by atoms with E-state index in [4.69, 9.17) is 16.3 Å². The smallest absolute Gasteiger partial charge is 0.227 e. The lowest BCUT2D eigenvalue weighted by molar-refractivity contribution is 0.455. The van der Waals surface area contributed by atoms with Crippen molar-refractivity contribution in [2.24, 2.45) is 0 Å². The number of rotatable bonds is 4. The summed E-state index contributed by atoms with van der Waals surface area (Å²) >= 11 is 5.89. The monoisotopic (exact) mass is 311 g/mol. The highest BCUT2D eigenvalue weighted by molar-refractivity contribution is 6.28. The van der Waals surface area contributed by atoms with Crippen LogP contribution in [0.5, 0.6) is 11.6 Å². The van der Waals surface area contributed by atoms with Gasteiger partial charge in [-0.2, -0.15) is 4.98 Å². The highest BCUT2D eigenvalue weighted by Gasteiger charge is 2.10. The van der Waals surface area contributed by atoms with E-state index in [1.165, 1.54) is 0 Å². The van der Waals surface area contributed by atoms with Gasteiger partial charge in [-0.25, -0.2) is 4.98 Å². The molecule has 0 N–H and O–H groups in total. The number of ether oxygens (including phenoxy) is 1. The molecule has 3 rings (SSSR count). The summed E-state index contributed by atoms with van der Waals surface area (Å²) in [5, 5.41) is 0.164. The van der Waals surface area contributed by atoms with E-state index in [0.717, 1.165) is 16.8 Å². The van der Waals surface area contributed by atoms with Crippen molar-refractivity contribution in [1.29, 1.82) is 0 Å². The molecule has 110 valence electrons. The number of halogens is 1. The van der Waals surface area contributed by atoms with Crippen molar-refractivity contribution < 1.29 is 4.74 Å². The van der Waals surface area contributed by atoms with Crippen LogP contribution in [0.4, 0.5) is 0 Å². The minimum atomic E-state index is 0.164. The first-order valence-corrected chi connectivity index (χ1v) is 7.24. The van der Waals surface area contributed by atoms with Crippen molar-refractivity contribution in [2.45, 2.75) is 13.3 Å². The van der Waals surface area contributed by atoms with Gasteiger partial charge in [0.05, 0.1) is 0 Å². The molecule has 0 radical (unpaired) electrons. The molecule has 0 fully saturated rings. The number of nitrogens with zero attached hydrogens (tertiary/aromatic N) is 3. The van der Waals surface area contributed by atoms with Crippen LogP contribution in [0.3, 0.4) is 0 Å². The molecule has 0 unspecified atom stereocenters. The second kappa shape index (κ2) is 6.54. The summed E-state index contributed by atoms with van der Waals surface area (Å²) in [6, 6.07) is 13.5. The molecule has 0 bridgehead atoms. The lowest BCUT2D eigenvalue weighted by atomic mass is 10.1. The molecule has 3 aromatic rings. The lowest BCUT2D eigenvalue weighted by Crippen LogP contribution is -1.99. The average molecular weight is 312 g/mol. The molecule has 5 heteroatoms. The molecule has 0 atom stereocenters. The van der Waals surface area contributed by atoms with Crippen LogP contribution in [0.1, 0.15) is 16.8 Å². The Kier molecular flexibility index (Phi) is 4.30. The molecule has 22 heavy (non-hydrogen) atoms. The van der Waals surface area contributed by atoms with Crippen molar-refractivity contribution in [2.75, 3.05) is 0 Å². The zero-order valence-corrected chi connectivity index (χ0v) is 12.8. The second-order valence-corrected chi connectivity index (χ2v) is 5.21. The van der Waals surface area contributed by atoms with Crippen LogP contribution in [0.25, 0.3) is 0 Å². The molecule has 2 aromatic heterocycles. The van der Waals surface area contributed by atoms with Gasteiger partial charge in [0.1, 0.15) is 5.75 Å². The fourth-order valence-corrected chi connectivity index (χ4v) is 2.13. The van der Waals surface area contributed by atoms with Gasteiger partial charge in [-0.05, 0) is 42.3 Å². The summed E-state index contributed by atoms with van der Waals surface area (Å²) in [6.45, 7) is 1.96. The van der Waals surface area contributed by atoms with E-state index < -0.39 is 0 Å². The zero-order chi connectivity index (χ0) is 15.4. The van der Waals surface area contributed by atoms with Crippen LogP contribution < -0.4 is 4.74 Å². The molecule has 0 aliphatic carbocycles. The second-order valence-electron chi connectivity index (χ2n) is 4.87. The van der Waals surface area contributed by atoms with Crippen LogP contribution in [-0.2, 0) is 6.42 Å². The van der Waals surface area contributed by atoms with E-state index in [1.807, 2.05) is 55.6 Å². The Bertz CT molecular complexity index is 761. The van der Waals surface area contributed by atoms with E-state index in [2.05, 4.69) is 15.0 Å². The number of benzene rings is 1. The SMILES string of the molecule is Cc1ccc(Cc2cnc(Cl)nc2Oc2ccccc2)cn1. The maximum atomic E-state index is 5.89. The molecular weight excluding hydrogens is 298 g/mol. The fraction of sp³-hybridized carbons (Fsp3) is 0.118. The molecule has 0 aliphatic rings. The number of aromatic nitrogens is 3. The summed E-state index contributed by atoms with van der Waals surface area (Å²) in [6.07, 6.45) is 4.16. The number of hydrogen-bond acceptors (Lipinski definition) is 4. The first kappa shape index (κ1) is 14.5. The van der Waals surface area contributed by atoms with E-state index in [9.17, 15) is 0 Å². The first-order valence-electron chi connectivity index (χ1n) is 6.86. The maximum Gasteiger partial charge on any atom is 0.227 e. The minimum absolute atomic E-state index is 0.164. The Morgan fingerprint density at radius 2 is 1.82 bits per heavy atom. The van der Waals surface area contributed by atoms with Gasteiger partial charge in [0.2, 0.25) is 11.2 Å². The quantitative estimate of drug-likeness (QED) is 0.677. The number of para-hydroxylation sites is 1. The number of aryl methyl sites for hydroxylation is 1. The molecule has 0 amide bonds. The summed E-state index contributed by atoms with van der Waals surface area (Å²) in [4.78, 5) is 12.5. The van der Waals surface area contributed by atoms with Crippen molar-refractivity contribution in [3.63, 3.8) is 0 Å². The molecule has 4 nitrogen and oxygen atoms in total. The van der Waals surface area contributed by atoms with Crippen LogP contribution in [-0.4, -0.2) is 15.0 Å². The minimum Gasteiger partial charge on any atom is -0.439 e. The Morgan fingerprint density at radius 3 is 2.55 bits per heavy atom. The average Bonchev–Trinajstić information content (AvgIpc) is 2.53. The molecule has 2 heterocycles. The predicted molar refractivity (Wildman–Crippen MR) is 85.3 cm³/mol. The van der Waals surface area contributed by atoms with Crippen molar-refractivity contribution in [3.05, 3.63) is 77.0 Å². The van der Waals surface area contributed by atoms with Crippen molar-refractivity contribution in [3.8, 4) is 11.6 Å². The van der Waals surface area contributed by atoms with Crippen LogP contribution in [0.15, 0.2) is 54.9 Å². The highest BCUT2D eigenvalue weighted by Crippen LogP contribution is 2.25. The third-order valence-electron chi connectivity index (χ3n) is 3.12. The van der Waals surface area contributed by atoms with E-state index in [0.29, 0.717) is 18.1 Å². The van der Waals surface area contributed by atoms with Crippen LogP contribution in [0.2, 0.25) is 5.28 Å². The first-order chi connectivity index (χ1) is 10.7. The Hall–Kier alpha value is -2.46. The zero-order valence-electron chi connectivity index (χ0n) is 12.0. The number of pyridine rings is 1. The van der Waals surface area contributed by atoms with Crippen molar-refractivity contribution in [1.82, 2.24) is 15.0 Å². The molecular formula is C17H14ClN3O. The lowest BCUT2D eigenvalue weighted by Gasteiger charge is -2.10. The maximum absolute atomic E-state index is 5.89. The van der Waals surface area contributed by atoms with Gasteiger partial charge in [-0.3, -0.25) is 4.98 Å². The largest absolute Gasteiger partial charge is 0.439 e. The van der Waals surface area contributed by atoms with E-state index in [1.54, 1.807) is 6.20 Å². The van der Waals surface area contributed by atoms with Gasteiger partial charge in [0, 0.05) is 30.1 Å². The van der Waals surface area contributed by atoms with Crippen LogP contribution in [0, 0.1) is 6.92 Å². The molecule has 0 aliphatic heterocycles. The molecule has 0 saturated carbocycles. The van der Waals surface area contributed by atoms with Gasteiger partial charge in [0.15, 0.2) is 0 Å². The Balaban J connectivity index is 1.89. The summed E-state index contributed by atoms with van der Waals surface area (Å²) < 4.78 is 5.83. The standard InChI is InChI=1S/C17H14ClN3O/c1-12-7-8-13(10-19-12)9-14-11-20-17(18)21-16(14)22-15-5-3-2-4-6-15/h2-8,10-11H,9H2,1H3. The molecule has 0 saturated heterocycles. The third kappa shape index (κ3) is 3.59. The molecule has 1 aromatic carbocycles. The third-order valence-corrected chi connectivity index (χ3v) is 3.30. The Morgan fingerprint density at radius 1 is 1.00 bits per heavy atom. The molecule has 0 spiro atoms. The van der Waals surface area contributed by atoms with Gasteiger partial charge >= 0.3 is 0 Å². The van der Waals surface area contributed by atoms with E-state index in [-0.39, 0.29) is 5.28 Å². The normalized spacial score (nSPS) is 10.5. The summed E-state index contributed by atoms with van der Waals surface area (Å²) in [5.41, 5.74) is 2.91. The fourth-order valence-electron chi connectivity index (χ4n) is 2.00. The topological polar surface area (TPSA) is 47.9 Å².